The molecule has 1 fully saturated rings. The standard InChI is InChI=1S/C20H25N3O2/c24-20(22-14-19-10-4-5-12-25-19)16-23(18-8-2-1-3-9-18)15-17-7-6-11-21-13-17/h1-3,6-9,11,13,19H,4-5,10,12,14-16H2,(H,22,24). The molecule has 3 rings (SSSR count). The Kier molecular flexibility index (Phi) is 6.40. The Morgan fingerprint density at radius 3 is 2.80 bits per heavy atom. The molecule has 1 saturated heterocycles. The highest BCUT2D eigenvalue weighted by molar-refractivity contribution is 5.81. The van der Waals surface area contributed by atoms with Gasteiger partial charge in [-0.05, 0) is 43.0 Å². The van der Waals surface area contributed by atoms with Crippen LogP contribution in [0.15, 0.2) is 54.9 Å². The molecule has 0 aliphatic carbocycles. The summed E-state index contributed by atoms with van der Waals surface area (Å²) in [4.78, 5) is 18.7. The second-order valence-corrected chi connectivity index (χ2v) is 6.35. The zero-order valence-electron chi connectivity index (χ0n) is 14.4. The highest BCUT2D eigenvalue weighted by atomic mass is 16.5. The molecule has 1 atom stereocenters. The Hall–Kier alpha value is -2.40. The SMILES string of the molecule is O=C(CN(Cc1cccnc1)c1ccccc1)NCC1CCCCO1. The zero-order valence-corrected chi connectivity index (χ0v) is 14.4. The summed E-state index contributed by atoms with van der Waals surface area (Å²) in [5.74, 6) is 0.0157. The van der Waals surface area contributed by atoms with Crippen LogP contribution in [-0.2, 0) is 16.1 Å². The minimum absolute atomic E-state index is 0.0157. The second kappa shape index (κ2) is 9.18. The Bertz CT molecular complexity index is 643. The summed E-state index contributed by atoms with van der Waals surface area (Å²) in [6.45, 7) is 2.35. The molecule has 0 bridgehead atoms. The van der Waals surface area contributed by atoms with Gasteiger partial charge in [0.1, 0.15) is 0 Å². The minimum Gasteiger partial charge on any atom is -0.376 e. The van der Waals surface area contributed by atoms with Crippen LogP contribution in [0, 0.1) is 0 Å². The molecule has 1 N–H and O–H groups in total. The number of nitrogens with zero attached hydrogens (tertiary/aromatic N) is 2. The van der Waals surface area contributed by atoms with E-state index >= 15 is 0 Å². The third-order valence-electron chi connectivity index (χ3n) is 4.35. The van der Waals surface area contributed by atoms with Gasteiger partial charge in [0.15, 0.2) is 0 Å². The summed E-state index contributed by atoms with van der Waals surface area (Å²) >= 11 is 0. The van der Waals surface area contributed by atoms with Crippen molar-refractivity contribution >= 4 is 11.6 Å². The van der Waals surface area contributed by atoms with Crippen LogP contribution in [0.2, 0.25) is 0 Å². The molecule has 1 aromatic carbocycles. The Balaban J connectivity index is 1.59. The van der Waals surface area contributed by atoms with Gasteiger partial charge in [0, 0.05) is 37.8 Å². The van der Waals surface area contributed by atoms with Gasteiger partial charge in [-0.15, -0.1) is 0 Å². The minimum atomic E-state index is 0.0157. The number of carbonyl (C=O) groups excluding carboxylic acids is 1. The molecule has 0 saturated carbocycles. The summed E-state index contributed by atoms with van der Waals surface area (Å²) in [6.07, 6.45) is 7.07. The van der Waals surface area contributed by atoms with Crippen molar-refractivity contribution in [1.29, 1.82) is 0 Å². The van der Waals surface area contributed by atoms with Crippen LogP contribution in [0.4, 0.5) is 5.69 Å². The van der Waals surface area contributed by atoms with E-state index in [1.54, 1.807) is 6.20 Å². The van der Waals surface area contributed by atoms with Gasteiger partial charge in [0.05, 0.1) is 12.6 Å². The van der Waals surface area contributed by atoms with Crippen LogP contribution in [0.5, 0.6) is 0 Å². The quantitative estimate of drug-likeness (QED) is 0.843. The first kappa shape index (κ1) is 17.4. The van der Waals surface area contributed by atoms with Gasteiger partial charge in [0.25, 0.3) is 0 Å². The van der Waals surface area contributed by atoms with E-state index in [-0.39, 0.29) is 12.0 Å². The number of benzene rings is 1. The van der Waals surface area contributed by atoms with Crippen LogP contribution in [0.1, 0.15) is 24.8 Å². The molecule has 1 aromatic heterocycles. The van der Waals surface area contributed by atoms with Crippen LogP contribution in [0.25, 0.3) is 0 Å². The molecule has 1 aliphatic rings. The molecule has 1 unspecified atom stereocenters. The summed E-state index contributed by atoms with van der Waals surface area (Å²) in [5, 5.41) is 3.02. The fourth-order valence-corrected chi connectivity index (χ4v) is 3.01. The first-order valence-electron chi connectivity index (χ1n) is 8.88. The first-order valence-corrected chi connectivity index (χ1v) is 8.88. The van der Waals surface area contributed by atoms with Crippen molar-refractivity contribution in [2.45, 2.75) is 31.9 Å². The molecule has 5 heteroatoms. The van der Waals surface area contributed by atoms with E-state index in [0.29, 0.717) is 19.6 Å². The number of hydrogen-bond donors (Lipinski definition) is 1. The lowest BCUT2D eigenvalue weighted by atomic mass is 10.1. The van der Waals surface area contributed by atoms with Crippen molar-refractivity contribution in [2.24, 2.45) is 0 Å². The van der Waals surface area contributed by atoms with Crippen LogP contribution in [0.3, 0.4) is 0 Å². The number of aromatic nitrogens is 1. The molecule has 0 radical (unpaired) electrons. The maximum atomic E-state index is 12.4. The van der Waals surface area contributed by atoms with E-state index < -0.39 is 0 Å². The first-order chi connectivity index (χ1) is 12.3. The number of para-hydroxylation sites is 1. The maximum Gasteiger partial charge on any atom is 0.239 e. The lowest BCUT2D eigenvalue weighted by Gasteiger charge is -2.26. The van der Waals surface area contributed by atoms with Gasteiger partial charge in [0.2, 0.25) is 5.91 Å². The molecule has 2 aromatic rings. The van der Waals surface area contributed by atoms with Crippen LogP contribution < -0.4 is 10.2 Å². The number of rotatable bonds is 7. The number of carbonyl (C=O) groups is 1. The average molecular weight is 339 g/mol. The van der Waals surface area contributed by atoms with Gasteiger partial charge in [-0.1, -0.05) is 24.3 Å². The van der Waals surface area contributed by atoms with Gasteiger partial charge in [-0.3, -0.25) is 9.78 Å². The smallest absolute Gasteiger partial charge is 0.239 e. The summed E-state index contributed by atoms with van der Waals surface area (Å²) in [6, 6.07) is 13.9. The van der Waals surface area contributed by atoms with Crippen molar-refractivity contribution in [1.82, 2.24) is 10.3 Å². The molecule has 0 spiro atoms. The monoisotopic (exact) mass is 339 g/mol. The zero-order chi connectivity index (χ0) is 17.3. The van der Waals surface area contributed by atoms with E-state index in [1.165, 1.54) is 6.42 Å². The van der Waals surface area contributed by atoms with Crippen molar-refractivity contribution in [3.05, 3.63) is 60.4 Å². The maximum absolute atomic E-state index is 12.4. The summed E-state index contributed by atoms with van der Waals surface area (Å²) in [7, 11) is 0. The number of hydrogen-bond acceptors (Lipinski definition) is 4. The van der Waals surface area contributed by atoms with Crippen molar-refractivity contribution in [2.75, 3.05) is 24.6 Å². The Morgan fingerprint density at radius 1 is 1.20 bits per heavy atom. The lowest BCUT2D eigenvalue weighted by molar-refractivity contribution is -0.120. The molecule has 25 heavy (non-hydrogen) atoms. The van der Waals surface area contributed by atoms with Gasteiger partial charge >= 0.3 is 0 Å². The number of amides is 1. The molecule has 1 amide bonds. The van der Waals surface area contributed by atoms with E-state index in [4.69, 9.17) is 4.74 Å². The topological polar surface area (TPSA) is 54.5 Å². The van der Waals surface area contributed by atoms with Crippen molar-refractivity contribution in [3.8, 4) is 0 Å². The Morgan fingerprint density at radius 2 is 2.08 bits per heavy atom. The normalized spacial score (nSPS) is 17.0. The predicted molar refractivity (Wildman–Crippen MR) is 98.3 cm³/mol. The third-order valence-corrected chi connectivity index (χ3v) is 4.35. The molecular weight excluding hydrogens is 314 g/mol. The molecule has 2 heterocycles. The van der Waals surface area contributed by atoms with Gasteiger partial charge < -0.3 is 15.0 Å². The van der Waals surface area contributed by atoms with E-state index in [2.05, 4.69) is 15.2 Å². The van der Waals surface area contributed by atoms with E-state index in [0.717, 1.165) is 30.7 Å². The molecular formula is C20H25N3O2. The lowest BCUT2D eigenvalue weighted by Crippen LogP contribution is -2.41. The predicted octanol–water partition coefficient (Wildman–Crippen LogP) is 2.77. The number of ether oxygens (including phenoxy) is 1. The van der Waals surface area contributed by atoms with Crippen molar-refractivity contribution < 1.29 is 9.53 Å². The number of nitrogens with one attached hydrogen (secondary N) is 1. The molecule has 132 valence electrons. The third kappa shape index (κ3) is 5.57. The van der Waals surface area contributed by atoms with E-state index in [9.17, 15) is 4.79 Å². The van der Waals surface area contributed by atoms with Gasteiger partial charge in [-0.25, -0.2) is 0 Å². The summed E-state index contributed by atoms with van der Waals surface area (Å²) < 4.78 is 5.68. The van der Waals surface area contributed by atoms with Crippen LogP contribution in [-0.4, -0.2) is 36.7 Å². The van der Waals surface area contributed by atoms with Crippen molar-refractivity contribution in [3.63, 3.8) is 0 Å². The average Bonchev–Trinajstić information content (AvgIpc) is 2.68. The number of anilines is 1. The molecule has 1 aliphatic heterocycles. The largest absolute Gasteiger partial charge is 0.376 e. The molecule has 5 nitrogen and oxygen atoms in total. The second-order valence-electron chi connectivity index (χ2n) is 6.35. The van der Waals surface area contributed by atoms with Crippen LogP contribution >= 0.6 is 0 Å². The summed E-state index contributed by atoms with van der Waals surface area (Å²) in [5.41, 5.74) is 2.10. The fourth-order valence-electron chi connectivity index (χ4n) is 3.01. The highest BCUT2D eigenvalue weighted by Crippen LogP contribution is 2.16. The van der Waals surface area contributed by atoms with E-state index in [1.807, 2.05) is 48.7 Å². The Labute approximate surface area is 149 Å². The van der Waals surface area contributed by atoms with Gasteiger partial charge in [-0.2, -0.15) is 0 Å². The fraction of sp³-hybridized carbons (Fsp3) is 0.400. The number of pyridine rings is 1. The highest BCUT2D eigenvalue weighted by Gasteiger charge is 2.16.